The van der Waals surface area contributed by atoms with Gasteiger partial charge in [0.2, 0.25) is 10.0 Å². The minimum absolute atomic E-state index is 0.0372. The molecule has 1 amide bonds. The molecule has 2 aliphatic heterocycles. The average molecular weight is 432 g/mol. The highest BCUT2D eigenvalue weighted by molar-refractivity contribution is 7.89. The molecule has 0 atom stereocenters. The van der Waals surface area contributed by atoms with Crippen LogP contribution in [-0.2, 0) is 17.1 Å². The van der Waals surface area contributed by atoms with Crippen molar-refractivity contribution >= 4 is 21.6 Å². The molecule has 30 heavy (non-hydrogen) atoms. The van der Waals surface area contributed by atoms with Crippen LogP contribution < -0.4 is 10.2 Å². The third kappa shape index (κ3) is 4.22. The Labute approximate surface area is 177 Å². The highest BCUT2D eigenvalue weighted by Crippen LogP contribution is 2.26. The molecule has 2 aliphatic rings. The van der Waals surface area contributed by atoms with E-state index in [4.69, 9.17) is 0 Å². The lowest BCUT2D eigenvalue weighted by Crippen LogP contribution is -2.46. The molecule has 4 rings (SSSR count). The summed E-state index contributed by atoms with van der Waals surface area (Å²) in [6, 6.07) is 6.00. The van der Waals surface area contributed by atoms with Crippen LogP contribution in [0, 0.1) is 6.92 Å². The van der Waals surface area contributed by atoms with Gasteiger partial charge in [-0.1, -0.05) is 11.6 Å². The van der Waals surface area contributed by atoms with Crippen LogP contribution in [0.1, 0.15) is 41.6 Å². The fourth-order valence-corrected chi connectivity index (χ4v) is 5.71. The molecular weight excluding hydrogens is 402 g/mol. The van der Waals surface area contributed by atoms with Crippen molar-refractivity contribution in [2.45, 2.75) is 43.5 Å². The van der Waals surface area contributed by atoms with Crippen LogP contribution in [0.4, 0.5) is 5.69 Å². The topological polar surface area (TPSA) is 87.5 Å². The first-order valence-corrected chi connectivity index (χ1v) is 11.9. The van der Waals surface area contributed by atoms with Crippen LogP contribution in [0.15, 0.2) is 35.5 Å². The monoisotopic (exact) mass is 431 g/mol. The minimum Gasteiger partial charge on any atom is -0.371 e. The molecule has 9 heteroatoms. The SMILES string of the molecule is Cc1ccc(N2CCCC2)c(C(=O)NC2CCN(S(=O)(=O)c3cnn(C)c3)CC2)c1. The molecule has 0 saturated carbocycles. The Balaban J connectivity index is 1.41. The predicted octanol–water partition coefficient (Wildman–Crippen LogP) is 1.91. The smallest absolute Gasteiger partial charge is 0.253 e. The maximum Gasteiger partial charge on any atom is 0.253 e. The van der Waals surface area contributed by atoms with Crippen molar-refractivity contribution in [3.8, 4) is 0 Å². The highest BCUT2D eigenvalue weighted by atomic mass is 32.2. The molecule has 0 bridgehead atoms. The number of carbonyl (C=O) groups excluding carboxylic acids is 1. The molecule has 8 nitrogen and oxygen atoms in total. The first kappa shape index (κ1) is 20.9. The number of hydrogen-bond acceptors (Lipinski definition) is 5. The lowest BCUT2D eigenvalue weighted by atomic mass is 10.0. The zero-order valence-electron chi connectivity index (χ0n) is 17.5. The number of rotatable bonds is 5. The van der Waals surface area contributed by atoms with Crippen LogP contribution in [0.3, 0.4) is 0 Å². The summed E-state index contributed by atoms with van der Waals surface area (Å²) in [6.45, 7) is 4.72. The van der Waals surface area contributed by atoms with Gasteiger partial charge >= 0.3 is 0 Å². The van der Waals surface area contributed by atoms with Crippen LogP contribution in [0.25, 0.3) is 0 Å². The standard InChI is InChI=1S/C21H29N5O3S/c1-16-5-6-20(25-9-3-4-10-25)19(13-16)21(27)23-17-7-11-26(12-8-17)30(28,29)18-14-22-24(2)15-18/h5-6,13-15,17H,3-4,7-12H2,1-2H3,(H,23,27). The van der Waals surface area contributed by atoms with Gasteiger partial charge in [-0.05, 0) is 44.7 Å². The van der Waals surface area contributed by atoms with Crippen molar-refractivity contribution in [3.05, 3.63) is 41.7 Å². The maximum absolute atomic E-state index is 13.1. The second kappa shape index (κ2) is 8.39. The summed E-state index contributed by atoms with van der Waals surface area (Å²) in [5, 5.41) is 7.10. The van der Waals surface area contributed by atoms with Crippen molar-refractivity contribution in [1.29, 1.82) is 0 Å². The summed E-state index contributed by atoms with van der Waals surface area (Å²) in [5.74, 6) is -0.0748. The van der Waals surface area contributed by atoms with Gasteiger partial charge in [0.15, 0.2) is 0 Å². The molecule has 0 aliphatic carbocycles. The quantitative estimate of drug-likeness (QED) is 0.781. The summed E-state index contributed by atoms with van der Waals surface area (Å²) in [4.78, 5) is 15.6. The zero-order chi connectivity index (χ0) is 21.3. The van der Waals surface area contributed by atoms with E-state index in [-0.39, 0.29) is 16.8 Å². The molecule has 3 heterocycles. The first-order chi connectivity index (χ1) is 14.3. The van der Waals surface area contributed by atoms with Gasteiger partial charge < -0.3 is 10.2 Å². The lowest BCUT2D eigenvalue weighted by molar-refractivity contribution is 0.0924. The lowest BCUT2D eigenvalue weighted by Gasteiger charge is -2.31. The predicted molar refractivity (Wildman–Crippen MR) is 115 cm³/mol. The number of nitrogens with zero attached hydrogens (tertiary/aromatic N) is 4. The fourth-order valence-electron chi connectivity index (χ4n) is 4.25. The third-order valence-electron chi connectivity index (χ3n) is 5.95. The molecule has 2 fully saturated rings. The summed E-state index contributed by atoms with van der Waals surface area (Å²) in [5.41, 5.74) is 2.76. The van der Waals surface area contributed by atoms with Crippen LogP contribution >= 0.6 is 0 Å². The molecule has 1 aromatic carbocycles. The summed E-state index contributed by atoms with van der Waals surface area (Å²) >= 11 is 0. The number of carbonyl (C=O) groups is 1. The van der Waals surface area contributed by atoms with Gasteiger partial charge in [-0.2, -0.15) is 9.40 Å². The number of hydrogen-bond donors (Lipinski definition) is 1. The van der Waals surface area contributed by atoms with E-state index in [1.54, 1.807) is 7.05 Å². The second-order valence-corrected chi connectivity index (χ2v) is 10.2. The fraction of sp³-hybridized carbons (Fsp3) is 0.524. The number of anilines is 1. The summed E-state index contributed by atoms with van der Waals surface area (Å²) in [6.07, 6.45) is 6.38. The Morgan fingerprint density at radius 1 is 1.13 bits per heavy atom. The van der Waals surface area contributed by atoms with E-state index in [2.05, 4.69) is 15.3 Å². The van der Waals surface area contributed by atoms with Crippen molar-refractivity contribution < 1.29 is 13.2 Å². The van der Waals surface area contributed by atoms with Crippen molar-refractivity contribution in [2.24, 2.45) is 7.05 Å². The van der Waals surface area contributed by atoms with Gasteiger partial charge in [-0.3, -0.25) is 9.48 Å². The molecule has 0 spiro atoms. The van der Waals surface area contributed by atoms with Crippen LogP contribution in [-0.4, -0.2) is 60.6 Å². The molecule has 2 saturated heterocycles. The first-order valence-electron chi connectivity index (χ1n) is 10.5. The van der Waals surface area contributed by atoms with Crippen LogP contribution in [0.5, 0.6) is 0 Å². The Morgan fingerprint density at radius 3 is 2.47 bits per heavy atom. The van der Waals surface area contributed by atoms with E-state index in [9.17, 15) is 13.2 Å². The number of sulfonamides is 1. The second-order valence-electron chi connectivity index (χ2n) is 8.22. The van der Waals surface area contributed by atoms with E-state index in [0.717, 1.165) is 37.2 Å². The summed E-state index contributed by atoms with van der Waals surface area (Å²) < 4.78 is 28.5. The minimum atomic E-state index is -3.54. The molecule has 2 aromatic rings. The molecule has 0 radical (unpaired) electrons. The maximum atomic E-state index is 13.1. The largest absolute Gasteiger partial charge is 0.371 e. The molecule has 1 N–H and O–H groups in total. The number of benzene rings is 1. The molecule has 162 valence electrons. The van der Waals surface area contributed by atoms with Gasteiger partial charge in [0.25, 0.3) is 5.91 Å². The van der Waals surface area contributed by atoms with E-state index < -0.39 is 10.0 Å². The molecule has 0 unspecified atom stereocenters. The molecule has 1 aromatic heterocycles. The number of amides is 1. The number of piperidine rings is 1. The average Bonchev–Trinajstić information content (AvgIpc) is 3.40. The van der Waals surface area contributed by atoms with E-state index in [1.807, 2.05) is 25.1 Å². The van der Waals surface area contributed by atoms with E-state index in [1.165, 1.54) is 21.4 Å². The normalized spacial score (nSPS) is 18.7. The Hall–Kier alpha value is -2.39. The zero-order valence-corrected chi connectivity index (χ0v) is 18.4. The Morgan fingerprint density at radius 2 is 1.83 bits per heavy atom. The Kier molecular flexibility index (Phi) is 5.84. The van der Waals surface area contributed by atoms with E-state index >= 15 is 0 Å². The van der Waals surface area contributed by atoms with Gasteiger partial charge in [0.1, 0.15) is 4.90 Å². The van der Waals surface area contributed by atoms with Crippen LogP contribution in [0.2, 0.25) is 0 Å². The van der Waals surface area contributed by atoms with Gasteiger partial charge in [0.05, 0.1) is 11.8 Å². The van der Waals surface area contributed by atoms with Gasteiger partial charge in [-0.15, -0.1) is 0 Å². The van der Waals surface area contributed by atoms with Crippen molar-refractivity contribution in [3.63, 3.8) is 0 Å². The number of nitrogens with one attached hydrogen (secondary N) is 1. The summed E-state index contributed by atoms with van der Waals surface area (Å²) in [7, 11) is -1.84. The van der Waals surface area contributed by atoms with Gasteiger partial charge in [-0.25, -0.2) is 8.42 Å². The van der Waals surface area contributed by atoms with Gasteiger partial charge in [0, 0.05) is 51.2 Å². The van der Waals surface area contributed by atoms with Crippen molar-refractivity contribution in [1.82, 2.24) is 19.4 Å². The van der Waals surface area contributed by atoms with Crippen molar-refractivity contribution in [2.75, 3.05) is 31.1 Å². The highest BCUT2D eigenvalue weighted by Gasteiger charge is 2.31. The number of aromatic nitrogens is 2. The third-order valence-corrected chi connectivity index (χ3v) is 7.80. The molecular formula is C21H29N5O3S. The number of aryl methyl sites for hydroxylation is 2. The Bertz CT molecular complexity index is 1020. The van der Waals surface area contributed by atoms with E-state index in [0.29, 0.717) is 31.5 Å².